The third-order valence-electron chi connectivity index (χ3n) is 1.60. The number of para-hydroxylation sites is 1. The zero-order valence-electron chi connectivity index (χ0n) is 7.26. The fraction of sp³-hybridized carbons (Fsp3) is 0.125. The Morgan fingerprint density at radius 1 is 1.57 bits per heavy atom. The number of carbonyl (C=O) groups is 1. The number of phenolic OH excluding ortho intramolecular Hbond substituents is 1. The summed E-state index contributed by atoms with van der Waals surface area (Å²) in [5.74, 6) is -1.41. The van der Waals surface area contributed by atoms with Crippen molar-refractivity contribution in [2.24, 2.45) is 0 Å². The summed E-state index contributed by atoms with van der Waals surface area (Å²) in [7, 11) is 1.11. The van der Waals surface area contributed by atoms with Gasteiger partial charge in [0.15, 0.2) is 5.75 Å². The van der Waals surface area contributed by atoms with Crippen LogP contribution in [0.4, 0.5) is 5.69 Å². The second-order valence-corrected chi connectivity index (χ2v) is 2.42. The summed E-state index contributed by atoms with van der Waals surface area (Å²) in [4.78, 5) is 20.7. The molecule has 0 radical (unpaired) electrons. The Bertz CT molecular complexity index is 387. The number of methoxy groups -OCH3 is 1. The van der Waals surface area contributed by atoms with Crippen molar-refractivity contribution in [3.63, 3.8) is 0 Å². The largest absolute Gasteiger partial charge is 0.502 e. The van der Waals surface area contributed by atoms with Crippen molar-refractivity contribution in [1.82, 2.24) is 0 Å². The lowest BCUT2D eigenvalue weighted by Gasteiger charge is -2.01. The summed E-state index contributed by atoms with van der Waals surface area (Å²) < 4.78 is 4.33. The molecule has 0 spiro atoms. The minimum Gasteiger partial charge on any atom is -0.502 e. The average Bonchev–Trinajstić information content (AvgIpc) is 2.15. The predicted molar refractivity (Wildman–Crippen MR) is 46.1 cm³/mol. The summed E-state index contributed by atoms with van der Waals surface area (Å²) >= 11 is 0. The first-order valence-corrected chi connectivity index (χ1v) is 3.62. The van der Waals surface area contributed by atoms with Gasteiger partial charge in [0.25, 0.3) is 0 Å². The van der Waals surface area contributed by atoms with Crippen molar-refractivity contribution >= 4 is 11.7 Å². The molecule has 0 saturated heterocycles. The van der Waals surface area contributed by atoms with E-state index >= 15 is 0 Å². The fourth-order valence-electron chi connectivity index (χ4n) is 0.998. The van der Waals surface area contributed by atoms with Gasteiger partial charge in [0.05, 0.1) is 12.0 Å². The molecule has 0 bridgehead atoms. The molecule has 1 aromatic carbocycles. The SMILES string of the molecule is COC(=O)c1cccc(O)c1[N+](=O)[O-]. The molecule has 0 aliphatic rings. The minimum atomic E-state index is -0.854. The molecule has 0 heterocycles. The van der Waals surface area contributed by atoms with Crippen LogP contribution in [0.25, 0.3) is 0 Å². The van der Waals surface area contributed by atoms with E-state index in [9.17, 15) is 14.9 Å². The molecule has 0 atom stereocenters. The number of rotatable bonds is 2. The first-order valence-electron chi connectivity index (χ1n) is 3.62. The third-order valence-corrected chi connectivity index (χ3v) is 1.60. The Morgan fingerprint density at radius 2 is 2.21 bits per heavy atom. The molecule has 14 heavy (non-hydrogen) atoms. The van der Waals surface area contributed by atoms with Gasteiger partial charge in [-0.1, -0.05) is 6.07 Å². The van der Waals surface area contributed by atoms with Crippen molar-refractivity contribution in [1.29, 1.82) is 0 Å². The molecule has 1 rings (SSSR count). The number of nitro benzene ring substituents is 1. The van der Waals surface area contributed by atoms with E-state index < -0.39 is 22.3 Å². The lowest BCUT2D eigenvalue weighted by molar-refractivity contribution is -0.386. The van der Waals surface area contributed by atoms with Gasteiger partial charge in [-0.15, -0.1) is 0 Å². The monoisotopic (exact) mass is 197 g/mol. The number of hydrogen-bond acceptors (Lipinski definition) is 5. The van der Waals surface area contributed by atoms with Crippen LogP contribution in [0.5, 0.6) is 5.75 Å². The standard InChI is InChI=1S/C8H7NO5/c1-14-8(11)5-3-2-4-6(10)7(5)9(12)13/h2-4,10H,1H3. The lowest BCUT2D eigenvalue weighted by atomic mass is 10.1. The summed E-state index contributed by atoms with van der Waals surface area (Å²) in [6, 6.07) is 3.67. The van der Waals surface area contributed by atoms with E-state index in [0.29, 0.717) is 0 Å². The minimum absolute atomic E-state index is 0.266. The number of ether oxygens (including phenoxy) is 1. The first-order chi connectivity index (χ1) is 6.57. The zero-order valence-corrected chi connectivity index (χ0v) is 7.26. The van der Waals surface area contributed by atoms with E-state index in [2.05, 4.69) is 4.74 Å². The van der Waals surface area contributed by atoms with E-state index in [1.165, 1.54) is 12.1 Å². The van der Waals surface area contributed by atoms with Crippen molar-refractivity contribution in [3.8, 4) is 5.75 Å². The highest BCUT2D eigenvalue weighted by molar-refractivity contribution is 5.95. The number of phenols is 1. The predicted octanol–water partition coefficient (Wildman–Crippen LogP) is 1.09. The first kappa shape index (κ1) is 9.97. The van der Waals surface area contributed by atoms with Crippen molar-refractivity contribution in [3.05, 3.63) is 33.9 Å². The molecule has 0 aromatic heterocycles. The van der Waals surface area contributed by atoms with Gasteiger partial charge in [-0.25, -0.2) is 4.79 Å². The van der Waals surface area contributed by atoms with Gasteiger partial charge >= 0.3 is 11.7 Å². The number of nitro groups is 1. The molecule has 1 N–H and O–H groups in total. The highest BCUT2D eigenvalue weighted by atomic mass is 16.6. The zero-order chi connectivity index (χ0) is 10.7. The van der Waals surface area contributed by atoms with Crippen molar-refractivity contribution < 1.29 is 19.6 Å². The quantitative estimate of drug-likeness (QED) is 0.435. The molecule has 0 aliphatic carbocycles. The lowest BCUT2D eigenvalue weighted by Crippen LogP contribution is -2.05. The van der Waals surface area contributed by atoms with Crippen LogP contribution in [0.1, 0.15) is 10.4 Å². The van der Waals surface area contributed by atoms with Crippen LogP contribution >= 0.6 is 0 Å². The van der Waals surface area contributed by atoms with E-state index in [1.54, 1.807) is 0 Å². The second-order valence-electron chi connectivity index (χ2n) is 2.42. The summed E-state index contributed by atoms with van der Waals surface area (Å²) in [6.45, 7) is 0. The third kappa shape index (κ3) is 1.63. The molecule has 0 amide bonds. The molecule has 74 valence electrons. The number of carbonyl (C=O) groups excluding carboxylic acids is 1. The van der Waals surface area contributed by atoms with E-state index in [-0.39, 0.29) is 5.56 Å². The maximum Gasteiger partial charge on any atom is 0.345 e. The van der Waals surface area contributed by atoms with Gasteiger partial charge in [0.1, 0.15) is 5.56 Å². The summed E-state index contributed by atoms with van der Waals surface area (Å²) in [5.41, 5.74) is -0.906. The van der Waals surface area contributed by atoms with Crippen LogP contribution in [0.3, 0.4) is 0 Å². The Hall–Kier alpha value is -2.11. The smallest absolute Gasteiger partial charge is 0.345 e. The van der Waals surface area contributed by atoms with Gasteiger partial charge in [-0.3, -0.25) is 10.1 Å². The molecule has 6 heteroatoms. The van der Waals surface area contributed by atoms with Gasteiger partial charge in [0, 0.05) is 0 Å². The van der Waals surface area contributed by atoms with Crippen molar-refractivity contribution in [2.75, 3.05) is 7.11 Å². The van der Waals surface area contributed by atoms with Gasteiger partial charge in [-0.2, -0.15) is 0 Å². The van der Waals surface area contributed by atoms with Crippen LogP contribution in [0.2, 0.25) is 0 Å². The summed E-state index contributed by atoms with van der Waals surface area (Å²) in [5, 5.41) is 19.7. The Labute approximate surface area is 78.9 Å². The van der Waals surface area contributed by atoms with E-state index in [4.69, 9.17) is 5.11 Å². The highest BCUT2D eigenvalue weighted by Crippen LogP contribution is 2.29. The fourth-order valence-corrected chi connectivity index (χ4v) is 0.998. The second kappa shape index (κ2) is 3.73. The number of hydrogen-bond donors (Lipinski definition) is 1. The summed E-state index contributed by atoms with van der Waals surface area (Å²) in [6.07, 6.45) is 0. The van der Waals surface area contributed by atoms with Crippen LogP contribution in [-0.2, 0) is 4.74 Å². The molecule has 0 saturated carbocycles. The molecule has 0 aliphatic heterocycles. The average molecular weight is 197 g/mol. The Kier molecular flexibility index (Phi) is 2.66. The Morgan fingerprint density at radius 3 is 2.71 bits per heavy atom. The molecule has 0 unspecified atom stereocenters. The van der Waals surface area contributed by atoms with Crippen LogP contribution < -0.4 is 0 Å². The molecule has 1 aromatic rings. The van der Waals surface area contributed by atoms with Crippen LogP contribution in [0, 0.1) is 10.1 Å². The highest BCUT2D eigenvalue weighted by Gasteiger charge is 2.24. The van der Waals surface area contributed by atoms with E-state index in [1.807, 2.05) is 0 Å². The maximum absolute atomic E-state index is 11.1. The van der Waals surface area contributed by atoms with E-state index in [0.717, 1.165) is 13.2 Å². The Balaban J connectivity index is 3.35. The van der Waals surface area contributed by atoms with Crippen LogP contribution in [0.15, 0.2) is 18.2 Å². The van der Waals surface area contributed by atoms with Gasteiger partial charge in [0.2, 0.25) is 0 Å². The molecule has 0 fully saturated rings. The number of benzene rings is 1. The molecular formula is C8H7NO5. The van der Waals surface area contributed by atoms with Gasteiger partial charge < -0.3 is 9.84 Å². The normalized spacial score (nSPS) is 9.50. The van der Waals surface area contributed by atoms with Crippen LogP contribution in [-0.4, -0.2) is 23.1 Å². The van der Waals surface area contributed by atoms with Gasteiger partial charge in [-0.05, 0) is 12.1 Å². The molecule has 6 nitrogen and oxygen atoms in total. The topological polar surface area (TPSA) is 89.7 Å². The number of esters is 1. The number of aromatic hydroxyl groups is 1. The maximum atomic E-state index is 11.1. The van der Waals surface area contributed by atoms with Crippen molar-refractivity contribution in [2.45, 2.75) is 0 Å². The number of nitrogens with zero attached hydrogens (tertiary/aromatic N) is 1. The molecular weight excluding hydrogens is 190 g/mol.